The highest BCUT2D eigenvalue weighted by molar-refractivity contribution is 5.76. The normalized spacial score (nSPS) is 11.2. The molecular formula is C53H98N10. The van der Waals surface area contributed by atoms with E-state index in [1.165, 1.54) is 18.2 Å². The molecule has 63 heavy (non-hydrogen) atoms. The molecule has 6 aromatic heterocycles. The molecule has 0 spiro atoms. The van der Waals surface area contributed by atoms with Crippen molar-refractivity contribution in [1.29, 1.82) is 0 Å². The van der Waals surface area contributed by atoms with Gasteiger partial charge in [-0.2, -0.15) is 20.1 Å². The van der Waals surface area contributed by atoms with Crippen LogP contribution in [0.2, 0.25) is 0 Å². The van der Waals surface area contributed by atoms with Crippen molar-refractivity contribution in [2.45, 2.75) is 225 Å². The third-order valence-electron chi connectivity index (χ3n) is 14.0. The second kappa shape index (κ2) is 29.8. The smallest absolute Gasteiger partial charge is 0.140 e. The fourth-order valence-electron chi connectivity index (χ4n) is 6.69. The fourth-order valence-corrected chi connectivity index (χ4v) is 6.69. The first-order chi connectivity index (χ1) is 28.1. The van der Waals surface area contributed by atoms with Gasteiger partial charge < -0.3 is 13.7 Å². The molecule has 6 rings (SSSR count). The summed E-state index contributed by atoms with van der Waals surface area (Å²) in [5.74, 6) is 0. The molecule has 0 aromatic carbocycles. The van der Waals surface area contributed by atoms with E-state index in [1.807, 2.05) is 54.1 Å². The van der Waals surface area contributed by atoms with E-state index in [0.29, 0.717) is 5.54 Å². The van der Waals surface area contributed by atoms with Gasteiger partial charge in [0.2, 0.25) is 0 Å². The van der Waals surface area contributed by atoms with E-state index in [4.69, 9.17) is 0 Å². The van der Waals surface area contributed by atoms with Gasteiger partial charge in [0.25, 0.3) is 0 Å². The van der Waals surface area contributed by atoms with E-state index in [2.05, 4.69) is 186 Å². The van der Waals surface area contributed by atoms with Gasteiger partial charge in [-0.1, -0.05) is 98.9 Å². The summed E-state index contributed by atoms with van der Waals surface area (Å²) in [6, 6.07) is 12.4. The summed E-state index contributed by atoms with van der Waals surface area (Å²) >= 11 is 0. The van der Waals surface area contributed by atoms with Crippen LogP contribution in [0.15, 0.2) is 105 Å². The molecule has 0 aliphatic carbocycles. The predicted octanol–water partition coefficient (Wildman–Crippen LogP) is 15.8. The van der Waals surface area contributed by atoms with Crippen molar-refractivity contribution in [2.24, 2.45) is 0 Å². The number of fused-ring (bicyclic) bond motifs is 1. The lowest BCUT2D eigenvalue weighted by molar-refractivity contribution is 0.233. The van der Waals surface area contributed by atoms with Crippen molar-refractivity contribution in [3.05, 3.63) is 105 Å². The summed E-state index contributed by atoms with van der Waals surface area (Å²) in [6.07, 6.45) is 32.7. The van der Waals surface area contributed by atoms with E-state index in [-0.39, 0.29) is 51.9 Å². The van der Waals surface area contributed by atoms with Gasteiger partial charge in [-0.3, -0.25) is 4.68 Å². The molecule has 10 heteroatoms. The molecule has 6 heterocycles. The predicted molar refractivity (Wildman–Crippen MR) is 277 cm³/mol. The van der Waals surface area contributed by atoms with Crippen LogP contribution in [0.4, 0.5) is 0 Å². The molecule has 0 bridgehead atoms. The Morgan fingerprint density at radius 1 is 0.413 bits per heavy atom. The second-order valence-electron chi connectivity index (χ2n) is 17.0. The average molecular weight is 875 g/mol. The standard InChI is InChI=1S/C13H18N2.C10H17N.2C9H16N2.C8H15N3.4CH4/c1-4-13(3,5-2)15-10-8-11-7-6-9-14-12(11)15;1-4-10(3,5-2)11-8-6-7-9-11;1-4-9(3,5-2)11-7-6-10-8-11;1-4-9(3,5-2)11-8-6-7-10-11;1-4-8(3,5-2)11-9-6-7-10-11;;;;/h6-10H,4-5H2,1-3H3;6-9H,4-5H2,1-3H3;2*6-8H,4-5H2,1-3H3;6-7H,4-5H2,1-3H3;4*1H4. The van der Waals surface area contributed by atoms with Crippen LogP contribution >= 0.6 is 0 Å². The molecular weight excluding hydrogens is 777 g/mol. The zero-order chi connectivity index (χ0) is 44.2. The molecule has 0 N–H and O–H groups in total. The van der Waals surface area contributed by atoms with Gasteiger partial charge in [0.05, 0.1) is 29.8 Å². The molecule has 10 nitrogen and oxygen atoms in total. The lowest BCUT2D eigenvalue weighted by Crippen LogP contribution is -2.30. The topological polar surface area (TPSA) is 89.1 Å². The van der Waals surface area contributed by atoms with Crippen molar-refractivity contribution >= 4 is 11.0 Å². The van der Waals surface area contributed by atoms with E-state index in [0.717, 1.165) is 57.0 Å². The van der Waals surface area contributed by atoms with Gasteiger partial charge in [-0.15, -0.1) is 0 Å². The maximum atomic E-state index is 4.47. The number of rotatable bonds is 15. The Balaban J connectivity index is -0.000000708. The van der Waals surface area contributed by atoms with Crippen LogP contribution in [0.3, 0.4) is 0 Å². The van der Waals surface area contributed by atoms with Crippen LogP contribution in [0.5, 0.6) is 0 Å². The van der Waals surface area contributed by atoms with Gasteiger partial charge in [0.15, 0.2) is 0 Å². The molecule has 0 saturated carbocycles. The fraction of sp³-hybridized carbons (Fsp3) is 0.642. The van der Waals surface area contributed by atoms with Crippen LogP contribution < -0.4 is 0 Å². The highest BCUT2D eigenvalue weighted by atomic mass is 15.5. The Hall–Kier alpha value is -4.47. The van der Waals surface area contributed by atoms with Gasteiger partial charge in [-0.05, 0) is 135 Å². The lowest BCUT2D eigenvalue weighted by atomic mass is 9.95. The van der Waals surface area contributed by atoms with Crippen molar-refractivity contribution in [1.82, 2.24) is 48.4 Å². The van der Waals surface area contributed by atoms with Crippen LogP contribution in [0.25, 0.3) is 11.0 Å². The molecule has 0 amide bonds. The zero-order valence-corrected chi connectivity index (χ0v) is 39.9. The molecule has 0 atom stereocenters. The molecule has 0 aliphatic rings. The van der Waals surface area contributed by atoms with Crippen molar-refractivity contribution < 1.29 is 0 Å². The Morgan fingerprint density at radius 2 is 0.889 bits per heavy atom. The number of hydrogen-bond donors (Lipinski definition) is 0. The largest absolute Gasteiger partial charge is 0.349 e. The average Bonchev–Trinajstić information content (AvgIpc) is 4.15. The minimum Gasteiger partial charge on any atom is -0.349 e. The van der Waals surface area contributed by atoms with E-state index in [1.54, 1.807) is 17.2 Å². The van der Waals surface area contributed by atoms with E-state index < -0.39 is 0 Å². The van der Waals surface area contributed by atoms with Crippen LogP contribution in [-0.4, -0.2) is 48.4 Å². The first-order valence-corrected chi connectivity index (χ1v) is 22.5. The summed E-state index contributed by atoms with van der Waals surface area (Å²) in [5.41, 5.74) is 2.19. The molecule has 360 valence electrons. The van der Waals surface area contributed by atoms with Crippen molar-refractivity contribution in [3.8, 4) is 0 Å². The third kappa shape index (κ3) is 16.6. The number of pyridine rings is 1. The van der Waals surface area contributed by atoms with E-state index >= 15 is 0 Å². The first-order valence-electron chi connectivity index (χ1n) is 22.5. The van der Waals surface area contributed by atoms with E-state index in [9.17, 15) is 0 Å². The maximum absolute atomic E-state index is 4.47. The Morgan fingerprint density at radius 3 is 1.30 bits per heavy atom. The SMILES string of the molecule is C.C.C.C.CCC(C)(CC)n1ccc2cccnc21.CCC(C)(CC)n1cccc1.CCC(C)(CC)n1cccn1.CCC(C)(CC)n1ccnc1.CCC(C)(CC)n1nccn1. The summed E-state index contributed by atoms with van der Waals surface area (Å²) in [5, 5.41) is 13.7. The molecule has 0 saturated heterocycles. The highest BCUT2D eigenvalue weighted by Gasteiger charge is 2.25. The van der Waals surface area contributed by atoms with Gasteiger partial charge in [0, 0.05) is 71.6 Å². The lowest BCUT2D eigenvalue weighted by Gasteiger charge is -2.29. The highest BCUT2D eigenvalue weighted by Crippen LogP contribution is 2.29. The minimum absolute atomic E-state index is 0. The summed E-state index contributed by atoms with van der Waals surface area (Å²) < 4.78 is 8.84. The second-order valence-corrected chi connectivity index (χ2v) is 17.0. The maximum Gasteiger partial charge on any atom is 0.140 e. The summed E-state index contributed by atoms with van der Waals surface area (Å²) in [7, 11) is 0. The van der Waals surface area contributed by atoms with Gasteiger partial charge in [-0.25, -0.2) is 9.97 Å². The Bertz CT molecular complexity index is 1690. The number of aromatic nitrogens is 10. The number of hydrogen-bond acceptors (Lipinski definition) is 5. The summed E-state index contributed by atoms with van der Waals surface area (Å²) in [4.78, 5) is 10.3. The minimum atomic E-state index is 0. The molecule has 6 aromatic rings. The van der Waals surface area contributed by atoms with Crippen molar-refractivity contribution in [3.63, 3.8) is 0 Å². The van der Waals surface area contributed by atoms with Crippen molar-refractivity contribution in [2.75, 3.05) is 0 Å². The quantitative estimate of drug-likeness (QED) is 0.103. The van der Waals surface area contributed by atoms with Gasteiger partial charge >= 0.3 is 0 Å². The van der Waals surface area contributed by atoms with Crippen LogP contribution in [0, 0.1) is 0 Å². The monoisotopic (exact) mass is 875 g/mol. The van der Waals surface area contributed by atoms with Crippen LogP contribution in [0.1, 0.15) is 198 Å². The Labute approximate surface area is 388 Å². The van der Waals surface area contributed by atoms with Crippen LogP contribution in [-0.2, 0) is 27.7 Å². The molecule has 0 unspecified atom stereocenters. The third-order valence-corrected chi connectivity index (χ3v) is 14.0. The molecule has 0 fully saturated rings. The van der Waals surface area contributed by atoms with Gasteiger partial charge in [0.1, 0.15) is 5.65 Å². The Kier molecular flexibility index (Phi) is 29.7. The molecule has 0 radical (unpaired) electrons. The number of imidazole rings is 1. The first kappa shape index (κ1) is 62.8. The number of nitrogens with zero attached hydrogens (tertiary/aromatic N) is 10. The summed E-state index contributed by atoms with van der Waals surface area (Å²) in [6.45, 7) is 33.3. The molecule has 0 aliphatic heterocycles. The zero-order valence-electron chi connectivity index (χ0n) is 39.9.